The second kappa shape index (κ2) is 10.4. The van der Waals surface area contributed by atoms with Crippen molar-refractivity contribution in [2.75, 3.05) is 0 Å². The van der Waals surface area contributed by atoms with Gasteiger partial charge in [-0.15, -0.1) is 34.0 Å². The molecule has 6 rings (SSSR count). The van der Waals surface area contributed by atoms with E-state index in [1.807, 2.05) is 55.5 Å². The normalized spacial score (nSPS) is 12.5. The maximum Gasteiger partial charge on any atom is 0.408 e. The number of hydrogen-bond acceptors (Lipinski definition) is 7. The first-order chi connectivity index (χ1) is 18.5. The highest BCUT2D eigenvalue weighted by Crippen LogP contribution is 2.44. The monoisotopic (exact) mass is 559 g/mol. The van der Waals surface area contributed by atoms with Gasteiger partial charge < -0.3 is 14.8 Å². The van der Waals surface area contributed by atoms with Crippen LogP contribution in [-0.2, 0) is 27.5 Å². The fourth-order valence-corrected chi connectivity index (χ4v) is 7.58. The average Bonchev–Trinajstić information content (AvgIpc) is 3.64. The number of thiophene rings is 3. The molecule has 0 spiro atoms. The van der Waals surface area contributed by atoms with Crippen LogP contribution in [0.1, 0.15) is 24.3 Å². The van der Waals surface area contributed by atoms with Crippen molar-refractivity contribution >= 4 is 86.4 Å². The number of fused-ring (bicyclic) bond motifs is 7. The summed E-state index contributed by atoms with van der Waals surface area (Å²) in [5.74, 6) is -0.626. The van der Waals surface area contributed by atoms with Gasteiger partial charge in [0.05, 0.1) is 0 Å². The Balaban J connectivity index is 1.19. The molecule has 0 aliphatic rings. The van der Waals surface area contributed by atoms with E-state index in [-0.39, 0.29) is 19.1 Å². The predicted molar refractivity (Wildman–Crippen MR) is 158 cm³/mol. The second-order valence-electron chi connectivity index (χ2n) is 9.47. The molecule has 0 fully saturated rings. The van der Waals surface area contributed by atoms with E-state index in [0.717, 1.165) is 10.4 Å². The molecule has 6 aromatic rings. The van der Waals surface area contributed by atoms with Gasteiger partial charge in [-0.05, 0) is 53.3 Å². The number of nitrogens with one attached hydrogen (secondary N) is 1. The van der Waals surface area contributed by atoms with Gasteiger partial charge in [-0.2, -0.15) is 0 Å². The van der Waals surface area contributed by atoms with Crippen LogP contribution < -0.4 is 5.32 Å². The van der Waals surface area contributed by atoms with Crippen LogP contribution in [0.5, 0.6) is 0 Å². The van der Waals surface area contributed by atoms with E-state index in [1.54, 1.807) is 22.7 Å². The molecular weight excluding hydrogens is 535 g/mol. The number of esters is 1. The highest BCUT2D eigenvalue weighted by molar-refractivity contribution is 7.27. The Labute approximate surface area is 231 Å². The molecule has 0 saturated heterocycles. The number of amides is 1. The molecule has 8 heteroatoms. The summed E-state index contributed by atoms with van der Waals surface area (Å²) in [5.41, 5.74) is 0.878. The van der Waals surface area contributed by atoms with Crippen LogP contribution >= 0.6 is 34.0 Å². The highest BCUT2D eigenvalue weighted by Gasteiger charge is 2.27. The minimum Gasteiger partial charge on any atom is -0.458 e. The van der Waals surface area contributed by atoms with Crippen molar-refractivity contribution in [1.29, 1.82) is 0 Å². The zero-order valence-corrected chi connectivity index (χ0v) is 23.3. The van der Waals surface area contributed by atoms with Crippen LogP contribution in [0, 0.1) is 5.92 Å². The van der Waals surface area contributed by atoms with Crippen molar-refractivity contribution in [3.63, 3.8) is 0 Å². The summed E-state index contributed by atoms with van der Waals surface area (Å²) in [6.45, 7) is 4.02. The molecule has 0 radical (unpaired) electrons. The summed E-state index contributed by atoms with van der Waals surface area (Å²) < 4.78 is 16.0. The van der Waals surface area contributed by atoms with Gasteiger partial charge in [0.1, 0.15) is 19.3 Å². The Morgan fingerprint density at radius 1 is 0.789 bits per heavy atom. The SMILES string of the molecule is CC(C)[C@@H](NC(=O)OCc1ccccc1)C(=O)OCc1cc2c(ccc3sc4ccc5sccc5c4c32)s1. The lowest BCUT2D eigenvalue weighted by Crippen LogP contribution is -2.45. The average molecular weight is 560 g/mol. The molecule has 3 aromatic carbocycles. The van der Waals surface area contributed by atoms with E-state index in [9.17, 15) is 9.59 Å². The van der Waals surface area contributed by atoms with E-state index < -0.39 is 18.1 Å². The number of carbonyl (C=O) groups is 2. The first-order valence-corrected chi connectivity index (χ1v) is 14.9. The van der Waals surface area contributed by atoms with Gasteiger partial charge in [-0.25, -0.2) is 9.59 Å². The minimum absolute atomic E-state index is 0.137. The molecule has 0 bridgehead atoms. The minimum atomic E-state index is -0.799. The smallest absolute Gasteiger partial charge is 0.408 e. The molecule has 38 heavy (non-hydrogen) atoms. The number of alkyl carbamates (subject to hydrolysis) is 1. The Kier molecular flexibility index (Phi) is 6.78. The van der Waals surface area contributed by atoms with E-state index in [4.69, 9.17) is 9.47 Å². The molecule has 0 aliphatic carbocycles. The van der Waals surface area contributed by atoms with E-state index in [0.29, 0.717) is 0 Å². The molecule has 5 nitrogen and oxygen atoms in total. The third-order valence-electron chi connectivity index (χ3n) is 6.54. The predicted octanol–water partition coefficient (Wildman–Crippen LogP) is 8.48. The number of benzene rings is 3. The summed E-state index contributed by atoms with van der Waals surface area (Å²) in [7, 11) is 0. The van der Waals surface area contributed by atoms with Crippen LogP contribution in [0.15, 0.2) is 72.1 Å². The zero-order chi connectivity index (χ0) is 26.2. The van der Waals surface area contributed by atoms with E-state index >= 15 is 0 Å². The van der Waals surface area contributed by atoms with Gasteiger partial charge in [0.2, 0.25) is 0 Å². The van der Waals surface area contributed by atoms with Gasteiger partial charge >= 0.3 is 12.1 Å². The molecule has 3 aromatic heterocycles. The second-order valence-corrected chi connectivity index (χ2v) is 12.7. The van der Waals surface area contributed by atoms with Gasteiger partial charge in [0.15, 0.2) is 0 Å². The molecule has 0 aliphatic heterocycles. The molecule has 0 saturated carbocycles. The Morgan fingerprint density at radius 3 is 2.26 bits per heavy atom. The number of rotatable bonds is 7. The topological polar surface area (TPSA) is 64.6 Å². The number of ether oxygens (including phenoxy) is 2. The highest BCUT2D eigenvalue weighted by atomic mass is 32.1. The summed E-state index contributed by atoms with van der Waals surface area (Å²) in [6, 6.07) is 21.7. The Morgan fingerprint density at radius 2 is 1.50 bits per heavy atom. The van der Waals surface area contributed by atoms with Crippen LogP contribution in [0.25, 0.3) is 40.3 Å². The van der Waals surface area contributed by atoms with E-state index in [2.05, 4.69) is 47.1 Å². The van der Waals surface area contributed by atoms with Crippen LogP contribution in [0.2, 0.25) is 0 Å². The van der Waals surface area contributed by atoms with Gasteiger partial charge in [-0.1, -0.05) is 44.2 Å². The van der Waals surface area contributed by atoms with Crippen molar-refractivity contribution in [3.05, 3.63) is 82.6 Å². The summed E-state index contributed by atoms with van der Waals surface area (Å²) in [4.78, 5) is 26.3. The lowest BCUT2D eigenvalue weighted by atomic mass is 10.1. The largest absolute Gasteiger partial charge is 0.458 e. The molecule has 3 heterocycles. The fraction of sp³-hybridized carbons (Fsp3) is 0.200. The number of carbonyl (C=O) groups excluding carboxylic acids is 2. The quantitative estimate of drug-likeness (QED) is 0.199. The van der Waals surface area contributed by atoms with Crippen molar-refractivity contribution in [3.8, 4) is 0 Å². The Hall–Kier alpha value is -3.46. The van der Waals surface area contributed by atoms with Crippen LogP contribution in [0.3, 0.4) is 0 Å². The maximum atomic E-state index is 13.0. The van der Waals surface area contributed by atoms with Crippen LogP contribution in [0.4, 0.5) is 4.79 Å². The zero-order valence-electron chi connectivity index (χ0n) is 20.9. The molecule has 1 atom stereocenters. The first-order valence-electron chi connectivity index (χ1n) is 12.4. The Bertz CT molecular complexity index is 1780. The first kappa shape index (κ1) is 24.9. The third kappa shape index (κ3) is 4.75. The number of hydrogen-bond donors (Lipinski definition) is 1. The van der Waals surface area contributed by atoms with Gasteiger partial charge in [-0.3, -0.25) is 0 Å². The molecular formula is C30H25NO4S3. The van der Waals surface area contributed by atoms with Crippen molar-refractivity contribution in [2.45, 2.75) is 33.1 Å². The van der Waals surface area contributed by atoms with Gasteiger partial charge in [0.25, 0.3) is 0 Å². The summed E-state index contributed by atoms with van der Waals surface area (Å²) in [6.07, 6.45) is -0.641. The van der Waals surface area contributed by atoms with Crippen LogP contribution in [-0.4, -0.2) is 18.1 Å². The standard InChI is InChI=1S/C30H25NO4S3/c1-17(2)28(31-30(33)35-15-18-6-4-3-5-7-18)29(32)34-16-19-14-21-23(37-19)9-11-25-27(21)26-20-12-13-36-22(20)8-10-24(26)38-25/h3-14,17,28H,15-16H2,1-2H3,(H,31,33)/t28-/m1/s1. The lowest BCUT2D eigenvalue weighted by Gasteiger charge is -2.20. The van der Waals surface area contributed by atoms with Crippen molar-refractivity contribution < 1.29 is 19.1 Å². The van der Waals surface area contributed by atoms with Gasteiger partial charge in [0, 0.05) is 45.2 Å². The maximum absolute atomic E-state index is 13.0. The summed E-state index contributed by atoms with van der Waals surface area (Å²) >= 11 is 5.20. The van der Waals surface area contributed by atoms with Crippen molar-refractivity contribution in [2.24, 2.45) is 5.92 Å². The summed E-state index contributed by atoms with van der Waals surface area (Å²) in [5, 5.41) is 9.86. The molecule has 1 amide bonds. The molecule has 192 valence electrons. The lowest BCUT2D eigenvalue weighted by molar-refractivity contribution is -0.148. The van der Waals surface area contributed by atoms with E-state index in [1.165, 1.54) is 40.3 Å². The molecule has 0 unspecified atom stereocenters. The third-order valence-corrected chi connectivity index (χ3v) is 9.62. The fourth-order valence-electron chi connectivity index (χ4n) is 4.67. The molecule has 1 N–H and O–H groups in total. The van der Waals surface area contributed by atoms with Crippen molar-refractivity contribution in [1.82, 2.24) is 5.32 Å².